The molecular formula is C15H21F3N2. The van der Waals surface area contributed by atoms with Gasteiger partial charge in [0.1, 0.15) is 5.82 Å². The minimum Gasteiger partial charge on any atom is -0.367 e. The van der Waals surface area contributed by atoms with E-state index in [1.807, 2.05) is 0 Å². The summed E-state index contributed by atoms with van der Waals surface area (Å²) in [6.07, 6.45) is 1.26. The summed E-state index contributed by atoms with van der Waals surface area (Å²) in [7, 11) is 0. The maximum absolute atomic E-state index is 13.0. The number of anilines is 1. The molecule has 1 saturated carbocycles. The van der Waals surface area contributed by atoms with Crippen molar-refractivity contribution in [2.24, 2.45) is 11.8 Å². The van der Waals surface area contributed by atoms with E-state index < -0.39 is 11.7 Å². The van der Waals surface area contributed by atoms with Crippen molar-refractivity contribution in [1.82, 2.24) is 4.98 Å². The van der Waals surface area contributed by atoms with E-state index in [0.717, 1.165) is 31.7 Å². The van der Waals surface area contributed by atoms with Crippen molar-refractivity contribution in [2.45, 2.75) is 51.7 Å². The van der Waals surface area contributed by atoms with E-state index >= 15 is 0 Å². The molecule has 0 aromatic carbocycles. The van der Waals surface area contributed by atoms with Crippen LogP contribution in [0.15, 0.2) is 18.3 Å². The summed E-state index contributed by atoms with van der Waals surface area (Å²) < 4.78 is 38.9. The second-order valence-corrected chi connectivity index (χ2v) is 5.84. The van der Waals surface area contributed by atoms with Crippen LogP contribution in [0.4, 0.5) is 19.0 Å². The lowest BCUT2D eigenvalue weighted by atomic mass is 9.78. The second-order valence-electron chi connectivity index (χ2n) is 5.84. The Morgan fingerprint density at radius 2 is 1.95 bits per heavy atom. The highest BCUT2D eigenvalue weighted by molar-refractivity contribution is 5.46. The lowest BCUT2D eigenvalue weighted by molar-refractivity contribution is -0.137. The van der Waals surface area contributed by atoms with Crippen LogP contribution in [0.3, 0.4) is 0 Å². The Morgan fingerprint density at radius 3 is 2.60 bits per heavy atom. The van der Waals surface area contributed by atoms with Gasteiger partial charge >= 0.3 is 6.18 Å². The largest absolute Gasteiger partial charge is 0.419 e. The molecule has 0 radical (unpaired) electrons. The van der Waals surface area contributed by atoms with E-state index in [1.165, 1.54) is 12.3 Å². The third-order valence-electron chi connectivity index (χ3n) is 4.11. The zero-order valence-corrected chi connectivity index (χ0v) is 11.9. The van der Waals surface area contributed by atoms with Crippen LogP contribution in [0.1, 0.15) is 45.1 Å². The maximum atomic E-state index is 13.0. The fourth-order valence-electron chi connectivity index (χ4n) is 3.06. The Kier molecular flexibility index (Phi) is 4.55. The van der Waals surface area contributed by atoms with Crippen LogP contribution in [0.25, 0.3) is 0 Å². The molecule has 1 aliphatic carbocycles. The summed E-state index contributed by atoms with van der Waals surface area (Å²) in [5.74, 6) is 0.843. The van der Waals surface area contributed by atoms with Gasteiger partial charge in [0.05, 0.1) is 5.56 Å². The van der Waals surface area contributed by atoms with Crippen LogP contribution in [0.2, 0.25) is 0 Å². The summed E-state index contributed by atoms with van der Waals surface area (Å²) in [4.78, 5) is 3.90. The number of alkyl halides is 3. The SMILES string of the molecule is CC(C)C1CCCCC1Nc1ncccc1C(F)(F)F. The molecule has 1 aromatic rings. The number of halogens is 3. The fraction of sp³-hybridized carbons (Fsp3) is 0.667. The molecule has 2 nitrogen and oxygen atoms in total. The Labute approximate surface area is 117 Å². The molecule has 20 heavy (non-hydrogen) atoms. The minimum atomic E-state index is -4.36. The van der Waals surface area contributed by atoms with Gasteiger partial charge in [0, 0.05) is 12.2 Å². The number of nitrogens with zero attached hydrogens (tertiary/aromatic N) is 1. The number of aromatic nitrogens is 1. The maximum Gasteiger partial charge on any atom is 0.419 e. The van der Waals surface area contributed by atoms with Crippen molar-refractivity contribution in [2.75, 3.05) is 5.32 Å². The second kappa shape index (κ2) is 6.02. The molecule has 0 saturated heterocycles. The van der Waals surface area contributed by atoms with Crippen LogP contribution in [-0.4, -0.2) is 11.0 Å². The van der Waals surface area contributed by atoms with Crippen molar-refractivity contribution in [1.29, 1.82) is 0 Å². The molecule has 1 aliphatic rings. The Balaban J connectivity index is 2.20. The smallest absolute Gasteiger partial charge is 0.367 e. The van der Waals surface area contributed by atoms with E-state index in [4.69, 9.17) is 0 Å². The molecule has 1 fully saturated rings. The molecule has 1 heterocycles. The average Bonchev–Trinajstić information content (AvgIpc) is 2.38. The van der Waals surface area contributed by atoms with E-state index in [1.54, 1.807) is 0 Å². The normalized spacial score (nSPS) is 23.9. The molecular weight excluding hydrogens is 265 g/mol. The lowest BCUT2D eigenvalue weighted by Gasteiger charge is -2.35. The fourth-order valence-corrected chi connectivity index (χ4v) is 3.06. The highest BCUT2D eigenvalue weighted by atomic mass is 19.4. The zero-order valence-electron chi connectivity index (χ0n) is 11.9. The molecule has 112 valence electrons. The number of hydrogen-bond acceptors (Lipinski definition) is 2. The van der Waals surface area contributed by atoms with Gasteiger partial charge in [-0.2, -0.15) is 13.2 Å². The number of pyridine rings is 1. The Morgan fingerprint density at radius 1 is 1.25 bits per heavy atom. The van der Waals surface area contributed by atoms with Crippen LogP contribution in [0, 0.1) is 11.8 Å². The minimum absolute atomic E-state index is 0.0300. The average molecular weight is 286 g/mol. The standard InChI is InChI=1S/C15H21F3N2/c1-10(2)11-6-3-4-8-13(11)20-14-12(15(16,17)18)7-5-9-19-14/h5,7,9-11,13H,3-4,6,8H2,1-2H3,(H,19,20). The zero-order chi connectivity index (χ0) is 14.8. The molecule has 2 unspecified atom stereocenters. The predicted molar refractivity (Wildman–Crippen MR) is 73.4 cm³/mol. The van der Waals surface area contributed by atoms with Crippen LogP contribution >= 0.6 is 0 Å². The molecule has 1 N–H and O–H groups in total. The summed E-state index contributed by atoms with van der Waals surface area (Å²) in [6.45, 7) is 4.27. The third kappa shape index (κ3) is 3.44. The molecule has 5 heteroatoms. The highest BCUT2D eigenvalue weighted by Gasteiger charge is 2.36. The summed E-state index contributed by atoms with van der Waals surface area (Å²) in [6, 6.07) is 2.50. The number of nitrogens with one attached hydrogen (secondary N) is 1. The highest BCUT2D eigenvalue weighted by Crippen LogP contribution is 2.36. The van der Waals surface area contributed by atoms with Gasteiger partial charge in [-0.1, -0.05) is 26.7 Å². The number of rotatable bonds is 3. The topological polar surface area (TPSA) is 24.9 Å². The van der Waals surface area contributed by atoms with Gasteiger partial charge in [-0.3, -0.25) is 0 Å². The summed E-state index contributed by atoms with van der Waals surface area (Å²) >= 11 is 0. The summed E-state index contributed by atoms with van der Waals surface area (Å²) in [5.41, 5.74) is -0.673. The molecule has 1 aromatic heterocycles. The van der Waals surface area contributed by atoms with Gasteiger partial charge in [-0.05, 0) is 36.8 Å². The van der Waals surface area contributed by atoms with E-state index in [-0.39, 0.29) is 11.9 Å². The molecule has 0 spiro atoms. The van der Waals surface area contributed by atoms with Gasteiger partial charge < -0.3 is 5.32 Å². The van der Waals surface area contributed by atoms with Crippen molar-refractivity contribution >= 4 is 5.82 Å². The number of hydrogen-bond donors (Lipinski definition) is 1. The van der Waals surface area contributed by atoms with E-state index in [0.29, 0.717) is 11.8 Å². The first-order valence-corrected chi connectivity index (χ1v) is 7.18. The predicted octanol–water partition coefficient (Wildman–Crippen LogP) is 4.73. The molecule has 0 aliphatic heterocycles. The first kappa shape index (κ1) is 15.1. The van der Waals surface area contributed by atoms with Gasteiger partial charge in [0.15, 0.2) is 0 Å². The molecule has 2 rings (SSSR count). The Bertz CT molecular complexity index is 443. The first-order valence-electron chi connectivity index (χ1n) is 7.18. The van der Waals surface area contributed by atoms with Crippen molar-refractivity contribution in [3.63, 3.8) is 0 Å². The third-order valence-corrected chi connectivity index (χ3v) is 4.11. The monoisotopic (exact) mass is 286 g/mol. The van der Waals surface area contributed by atoms with Crippen molar-refractivity contribution < 1.29 is 13.2 Å². The van der Waals surface area contributed by atoms with Gasteiger partial charge in [-0.25, -0.2) is 4.98 Å². The molecule has 2 atom stereocenters. The van der Waals surface area contributed by atoms with Crippen LogP contribution in [0.5, 0.6) is 0 Å². The van der Waals surface area contributed by atoms with Gasteiger partial charge in [0.2, 0.25) is 0 Å². The summed E-state index contributed by atoms with van der Waals surface area (Å²) in [5, 5.41) is 3.06. The van der Waals surface area contributed by atoms with Crippen LogP contribution in [-0.2, 0) is 6.18 Å². The molecule has 0 bridgehead atoms. The van der Waals surface area contributed by atoms with Crippen molar-refractivity contribution in [3.05, 3.63) is 23.9 Å². The van der Waals surface area contributed by atoms with Crippen LogP contribution < -0.4 is 5.32 Å². The van der Waals surface area contributed by atoms with E-state index in [2.05, 4.69) is 24.1 Å². The molecule has 0 amide bonds. The van der Waals surface area contributed by atoms with E-state index in [9.17, 15) is 13.2 Å². The quantitative estimate of drug-likeness (QED) is 0.869. The van der Waals surface area contributed by atoms with Crippen molar-refractivity contribution in [3.8, 4) is 0 Å². The lowest BCUT2D eigenvalue weighted by Crippen LogP contribution is -2.36. The van der Waals surface area contributed by atoms with Gasteiger partial charge in [-0.15, -0.1) is 0 Å². The first-order chi connectivity index (χ1) is 9.39. The Hall–Kier alpha value is -1.26. The van der Waals surface area contributed by atoms with Gasteiger partial charge in [0.25, 0.3) is 0 Å².